The van der Waals surface area contributed by atoms with Crippen molar-refractivity contribution in [1.82, 2.24) is 9.97 Å². The molecule has 2 rings (SSSR count). The van der Waals surface area contributed by atoms with Crippen LogP contribution in [-0.2, 0) is 6.18 Å². The Bertz CT molecular complexity index is 637. The highest BCUT2D eigenvalue weighted by molar-refractivity contribution is 5.98. The van der Waals surface area contributed by atoms with Gasteiger partial charge in [-0.05, 0) is 18.6 Å². The van der Waals surface area contributed by atoms with Crippen molar-refractivity contribution in [1.29, 1.82) is 0 Å². The third-order valence-corrected chi connectivity index (χ3v) is 2.55. The summed E-state index contributed by atoms with van der Waals surface area (Å²) < 4.78 is 37.4. The predicted octanol–water partition coefficient (Wildman–Crippen LogP) is 2.06. The normalized spacial score (nSPS) is 11.8. The fraction of sp³-hybridized carbons (Fsp3) is 0.182. The van der Waals surface area contributed by atoms with E-state index < -0.39 is 17.6 Å². The molecule has 0 spiro atoms. The maximum Gasteiger partial charge on any atom is 0.417 e. The number of alkyl halides is 3. The van der Waals surface area contributed by atoms with Crippen molar-refractivity contribution < 1.29 is 18.0 Å². The molecule has 0 unspecified atom stereocenters. The number of amides is 1. The molecular weight excluding hydrogens is 247 g/mol. The van der Waals surface area contributed by atoms with Gasteiger partial charge in [-0.25, -0.2) is 0 Å². The second kappa shape index (κ2) is 3.94. The van der Waals surface area contributed by atoms with Gasteiger partial charge in [0.15, 0.2) is 0 Å². The lowest BCUT2D eigenvalue weighted by atomic mass is 10.1. The first kappa shape index (κ1) is 12.3. The molecule has 0 aliphatic carbocycles. The van der Waals surface area contributed by atoms with Gasteiger partial charge < -0.3 is 5.73 Å². The van der Waals surface area contributed by atoms with Crippen molar-refractivity contribution in [2.45, 2.75) is 13.1 Å². The number of carbonyl (C=O) groups is 1. The molecule has 0 aliphatic heterocycles. The van der Waals surface area contributed by atoms with Crippen molar-refractivity contribution in [3.63, 3.8) is 0 Å². The summed E-state index contributed by atoms with van der Waals surface area (Å²) in [5.41, 5.74) is 5.11. The van der Waals surface area contributed by atoms with Crippen LogP contribution in [0, 0.1) is 6.92 Å². The van der Waals surface area contributed by atoms with Crippen molar-refractivity contribution in [3.8, 4) is 0 Å². The van der Waals surface area contributed by atoms with Gasteiger partial charge in [-0.1, -0.05) is 0 Å². The average Bonchev–Trinajstić information content (AvgIpc) is 2.27. The van der Waals surface area contributed by atoms with Crippen molar-refractivity contribution in [3.05, 3.63) is 35.2 Å². The predicted molar refractivity (Wildman–Crippen MR) is 57.8 cm³/mol. The van der Waals surface area contributed by atoms with Gasteiger partial charge in [-0.15, -0.1) is 0 Å². The summed E-state index contributed by atoms with van der Waals surface area (Å²) in [7, 11) is 0. The fourth-order valence-electron chi connectivity index (χ4n) is 1.60. The largest absolute Gasteiger partial charge is 0.417 e. The molecule has 0 aliphatic rings. The molecule has 1 amide bonds. The van der Waals surface area contributed by atoms with E-state index in [0.717, 1.165) is 12.3 Å². The number of hydrogen-bond donors (Lipinski definition) is 1. The monoisotopic (exact) mass is 255 g/mol. The number of rotatable bonds is 1. The van der Waals surface area contributed by atoms with Crippen LogP contribution in [0.25, 0.3) is 11.0 Å². The minimum Gasteiger partial charge on any atom is -0.366 e. The van der Waals surface area contributed by atoms with Gasteiger partial charge in [0.2, 0.25) is 0 Å². The minimum absolute atomic E-state index is 0.0762. The van der Waals surface area contributed by atoms with Gasteiger partial charge >= 0.3 is 6.18 Å². The Morgan fingerprint density at radius 3 is 2.50 bits per heavy atom. The maximum absolute atomic E-state index is 12.5. The van der Waals surface area contributed by atoms with E-state index in [1.54, 1.807) is 6.92 Å². The number of primary amides is 1. The fourth-order valence-corrected chi connectivity index (χ4v) is 1.60. The zero-order chi connectivity index (χ0) is 13.5. The number of hydrogen-bond acceptors (Lipinski definition) is 3. The Hall–Kier alpha value is -2.18. The highest BCUT2D eigenvalue weighted by atomic mass is 19.4. The number of nitrogens with two attached hydrogens (primary N) is 1. The molecule has 0 radical (unpaired) electrons. The van der Waals surface area contributed by atoms with E-state index in [9.17, 15) is 18.0 Å². The molecule has 7 heteroatoms. The Morgan fingerprint density at radius 1 is 1.28 bits per heavy atom. The number of aryl methyl sites for hydroxylation is 1. The van der Waals surface area contributed by atoms with E-state index in [-0.39, 0.29) is 16.6 Å². The molecule has 2 aromatic heterocycles. The number of halogens is 3. The molecular formula is C11H8F3N3O. The molecule has 94 valence electrons. The number of nitrogens with zero attached hydrogens (tertiary/aromatic N) is 2. The van der Waals surface area contributed by atoms with Crippen LogP contribution in [0.3, 0.4) is 0 Å². The van der Waals surface area contributed by atoms with Crippen LogP contribution < -0.4 is 5.73 Å². The van der Waals surface area contributed by atoms with Crippen molar-refractivity contribution >= 4 is 16.9 Å². The van der Waals surface area contributed by atoms with Crippen LogP contribution in [0.4, 0.5) is 13.2 Å². The first-order valence-corrected chi connectivity index (χ1v) is 4.93. The summed E-state index contributed by atoms with van der Waals surface area (Å²) in [6, 6.07) is 0.889. The van der Waals surface area contributed by atoms with E-state index in [0.29, 0.717) is 11.8 Å². The molecule has 4 nitrogen and oxygen atoms in total. The first-order valence-electron chi connectivity index (χ1n) is 4.93. The molecule has 18 heavy (non-hydrogen) atoms. The number of fused-ring (bicyclic) bond motifs is 1. The van der Waals surface area contributed by atoms with Crippen LogP contribution in [-0.4, -0.2) is 15.9 Å². The standard InChI is InChI=1S/C11H8F3N3O/c1-5-7(10(15)18)4-16-8-2-6(11(12,13)14)3-17-9(5)8/h2-4H,1H3,(H2,15,18). The Balaban J connectivity index is 2.69. The van der Waals surface area contributed by atoms with Gasteiger partial charge in [-0.3, -0.25) is 14.8 Å². The van der Waals surface area contributed by atoms with Gasteiger partial charge in [-0.2, -0.15) is 13.2 Å². The maximum atomic E-state index is 12.5. The molecule has 0 aromatic carbocycles. The third-order valence-electron chi connectivity index (χ3n) is 2.55. The highest BCUT2D eigenvalue weighted by Crippen LogP contribution is 2.30. The summed E-state index contributed by atoms with van der Waals surface area (Å²) in [4.78, 5) is 18.5. The molecule has 0 saturated heterocycles. The molecule has 0 bridgehead atoms. The molecule has 2 heterocycles. The molecule has 2 N–H and O–H groups in total. The summed E-state index contributed by atoms with van der Waals surface area (Å²) in [6.45, 7) is 1.56. The van der Waals surface area contributed by atoms with E-state index in [1.807, 2.05) is 0 Å². The summed E-state index contributed by atoms with van der Waals surface area (Å²) in [6.07, 6.45) is -2.61. The highest BCUT2D eigenvalue weighted by Gasteiger charge is 2.31. The molecule has 0 atom stereocenters. The lowest BCUT2D eigenvalue weighted by Gasteiger charge is -2.09. The van der Waals surface area contributed by atoms with E-state index in [2.05, 4.69) is 9.97 Å². The lowest BCUT2D eigenvalue weighted by Crippen LogP contribution is -2.14. The quantitative estimate of drug-likeness (QED) is 0.847. The third kappa shape index (κ3) is 1.99. The number of aromatic nitrogens is 2. The van der Waals surface area contributed by atoms with Gasteiger partial charge in [0.25, 0.3) is 5.91 Å². The second-order valence-corrected chi connectivity index (χ2v) is 3.75. The summed E-state index contributed by atoms with van der Waals surface area (Å²) in [5, 5.41) is 0. The smallest absolute Gasteiger partial charge is 0.366 e. The van der Waals surface area contributed by atoms with E-state index >= 15 is 0 Å². The molecule has 0 fully saturated rings. The van der Waals surface area contributed by atoms with E-state index in [1.165, 1.54) is 0 Å². The van der Waals surface area contributed by atoms with Gasteiger partial charge in [0.05, 0.1) is 22.2 Å². The van der Waals surface area contributed by atoms with Crippen LogP contribution in [0.2, 0.25) is 0 Å². The second-order valence-electron chi connectivity index (χ2n) is 3.75. The summed E-state index contributed by atoms with van der Waals surface area (Å²) in [5.74, 6) is -0.691. The van der Waals surface area contributed by atoms with Gasteiger partial charge in [0, 0.05) is 12.4 Å². The zero-order valence-electron chi connectivity index (χ0n) is 9.25. The van der Waals surface area contributed by atoms with Crippen LogP contribution in [0.5, 0.6) is 0 Å². The topological polar surface area (TPSA) is 68.9 Å². The van der Waals surface area contributed by atoms with Crippen LogP contribution in [0.1, 0.15) is 21.5 Å². The van der Waals surface area contributed by atoms with Crippen molar-refractivity contribution in [2.75, 3.05) is 0 Å². The Morgan fingerprint density at radius 2 is 1.94 bits per heavy atom. The average molecular weight is 255 g/mol. The zero-order valence-corrected chi connectivity index (χ0v) is 9.25. The minimum atomic E-state index is -4.47. The number of pyridine rings is 2. The Kier molecular flexibility index (Phi) is 2.68. The van der Waals surface area contributed by atoms with Crippen LogP contribution >= 0.6 is 0 Å². The van der Waals surface area contributed by atoms with E-state index in [4.69, 9.17) is 5.73 Å². The SMILES string of the molecule is Cc1c(C(N)=O)cnc2cc(C(F)(F)F)cnc12. The van der Waals surface area contributed by atoms with Crippen LogP contribution in [0.15, 0.2) is 18.5 Å². The molecule has 0 saturated carbocycles. The van der Waals surface area contributed by atoms with Crippen molar-refractivity contribution in [2.24, 2.45) is 5.73 Å². The summed E-state index contributed by atoms with van der Waals surface area (Å²) >= 11 is 0. The Labute approximate surface area is 99.6 Å². The lowest BCUT2D eigenvalue weighted by molar-refractivity contribution is -0.137. The first-order chi connectivity index (χ1) is 8.30. The van der Waals surface area contributed by atoms with Gasteiger partial charge in [0.1, 0.15) is 0 Å². The molecule has 2 aromatic rings. The number of carbonyl (C=O) groups excluding carboxylic acids is 1.